The quantitative estimate of drug-likeness (QED) is 0.312. The van der Waals surface area contributed by atoms with Crippen molar-refractivity contribution in [2.24, 2.45) is 0 Å². The van der Waals surface area contributed by atoms with Crippen LogP contribution in [0.15, 0.2) is 48.1 Å². The molecule has 0 atom stereocenters. The van der Waals surface area contributed by atoms with Crippen LogP contribution in [-0.2, 0) is 13.1 Å². The van der Waals surface area contributed by atoms with Gasteiger partial charge >= 0.3 is 5.69 Å². The monoisotopic (exact) mass is 470 g/mol. The molecule has 1 aromatic carbocycles. The number of rotatable bonds is 7. The molecule has 11 heteroatoms. The van der Waals surface area contributed by atoms with E-state index in [1.54, 1.807) is 6.07 Å². The molecule has 32 heavy (non-hydrogen) atoms. The standard InChI is InChI=1S/C21H19ClN6O3S/c1-13-20(14(2)27(25-13)10-15-4-3-5-17(22)6-15)24-21(29)19-7-16(12-32-19)9-26-11-18(8-23-26)28(30)31/h3-8,11-12H,9-10H2,1-2H3,(H,24,29). The van der Waals surface area contributed by atoms with Gasteiger partial charge in [0.25, 0.3) is 5.91 Å². The zero-order valence-corrected chi connectivity index (χ0v) is 18.9. The highest BCUT2D eigenvalue weighted by atomic mass is 35.5. The van der Waals surface area contributed by atoms with Crippen LogP contribution < -0.4 is 5.32 Å². The van der Waals surface area contributed by atoms with Gasteiger partial charge < -0.3 is 5.32 Å². The van der Waals surface area contributed by atoms with Crippen molar-refractivity contribution in [3.8, 4) is 0 Å². The minimum Gasteiger partial charge on any atom is -0.318 e. The first kappa shape index (κ1) is 21.7. The summed E-state index contributed by atoms with van der Waals surface area (Å²) < 4.78 is 3.30. The van der Waals surface area contributed by atoms with Gasteiger partial charge in [0.15, 0.2) is 0 Å². The Bertz CT molecular complexity index is 1310. The molecule has 0 saturated carbocycles. The lowest BCUT2D eigenvalue weighted by atomic mass is 10.2. The summed E-state index contributed by atoms with van der Waals surface area (Å²) in [6, 6.07) is 9.33. The summed E-state index contributed by atoms with van der Waals surface area (Å²) in [6.45, 7) is 4.64. The van der Waals surface area contributed by atoms with Crippen molar-refractivity contribution in [1.82, 2.24) is 19.6 Å². The zero-order chi connectivity index (χ0) is 22.8. The van der Waals surface area contributed by atoms with E-state index in [2.05, 4.69) is 15.5 Å². The highest BCUT2D eigenvalue weighted by Crippen LogP contribution is 2.24. The lowest BCUT2D eigenvalue weighted by molar-refractivity contribution is -0.385. The molecule has 0 unspecified atom stereocenters. The molecule has 0 aliphatic heterocycles. The molecule has 1 N–H and O–H groups in total. The molecule has 9 nitrogen and oxygen atoms in total. The summed E-state index contributed by atoms with van der Waals surface area (Å²) in [5, 5.41) is 24.8. The summed E-state index contributed by atoms with van der Waals surface area (Å²) in [5.41, 5.74) is 4.02. The summed E-state index contributed by atoms with van der Waals surface area (Å²) in [6.07, 6.45) is 2.56. The number of nitro groups is 1. The van der Waals surface area contributed by atoms with Gasteiger partial charge in [0.2, 0.25) is 0 Å². The minimum atomic E-state index is -0.493. The van der Waals surface area contributed by atoms with Gasteiger partial charge in [-0.25, -0.2) is 0 Å². The maximum Gasteiger partial charge on any atom is 0.307 e. The Hall–Kier alpha value is -3.50. The van der Waals surface area contributed by atoms with E-state index in [1.165, 1.54) is 28.4 Å². The number of carbonyl (C=O) groups is 1. The van der Waals surface area contributed by atoms with E-state index in [0.717, 1.165) is 22.5 Å². The van der Waals surface area contributed by atoms with Gasteiger partial charge in [-0.1, -0.05) is 23.7 Å². The number of aromatic nitrogens is 4. The summed E-state index contributed by atoms with van der Waals surface area (Å²) >= 11 is 7.37. The second kappa shape index (κ2) is 8.93. The number of nitrogens with one attached hydrogen (secondary N) is 1. The van der Waals surface area contributed by atoms with Gasteiger partial charge in [-0.3, -0.25) is 24.3 Å². The molecular formula is C21H19ClN6O3S. The Balaban J connectivity index is 1.46. The molecule has 0 fully saturated rings. The van der Waals surface area contributed by atoms with Gasteiger partial charge in [-0.05, 0) is 48.6 Å². The van der Waals surface area contributed by atoms with E-state index in [-0.39, 0.29) is 11.6 Å². The van der Waals surface area contributed by atoms with Crippen molar-refractivity contribution in [3.05, 3.63) is 90.6 Å². The highest BCUT2D eigenvalue weighted by molar-refractivity contribution is 7.12. The van der Waals surface area contributed by atoms with E-state index < -0.39 is 4.92 Å². The van der Waals surface area contributed by atoms with Gasteiger partial charge in [0.1, 0.15) is 12.4 Å². The maximum atomic E-state index is 12.8. The maximum absolute atomic E-state index is 12.8. The number of anilines is 1. The molecule has 4 aromatic rings. The molecule has 3 aromatic heterocycles. The number of nitrogens with zero attached hydrogens (tertiary/aromatic N) is 5. The third-order valence-electron chi connectivity index (χ3n) is 4.89. The minimum absolute atomic E-state index is 0.0704. The zero-order valence-electron chi connectivity index (χ0n) is 17.3. The number of benzene rings is 1. The van der Waals surface area contributed by atoms with Crippen molar-refractivity contribution in [3.63, 3.8) is 0 Å². The Labute approximate surface area is 192 Å². The number of carbonyl (C=O) groups excluding carboxylic acids is 1. The first-order chi connectivity index (χ1) is 15.3. The van der Waals surface area contributed by atoms with E-state index >= 15 is 0 Å². The van der Waals surface area contributed by atoms with Crippen LogP contribution in [0, 0.1) is 24.0 Å². The number of hydrogen-bond donors (Lipinski definition) is 1. The lowest BCUT2D eigenvalue weighted by Gasteiger charge is -2.07. The summed E-state index contributed by atoms with van der Waals surface area (Å²) in [7, 11) is 0. The SMILES string of the molecule is Cc1nn(Cc2cccc(Cl)c2)c(C)c1NC(=O)c1cc(Cn2cc([N+](=O)[O-])cn2)cs1. The Morgan fingerprint density at radius 2 is 2.06 bits per heavy atom. The van der Waals surface area contributed by atoms with Gasteiger partial charge in [0.05, 0.1) is 40.0 Å². The van der Waals surface area contributed by atoms with Crippen LogP contribution in [0.4, 0.5) is 11.4 Å². The number of thiophene rings is 1. The van der Waals surface area contributed by atoms with Gasteiger partial charge in [0, 0.05) is 5.02 Å². The predicted molar refractivity (Wildman–Crippen MR) is 123 cm³/mol. The third-order valence-corrected chi connectivity index (χ3v) is 6.11. The molecule has 3 heterocycles. The van der Waals surface area contributed by atoms with Crippen LogP contribution in [0.25, 0.3) is 0 Å². The van der Waals surface area contributed by atoms with Gasteiger partial charge in [-0.2, -0.15) is 10.2 Å². The molecule has 0 bridgehead atoms. The van der Waals surface area contributed by atoms with E-state index in [9.17, 15) is 14.9 Å². The van der Waals surface area contributed by atoms with E-state index in [4.69, 9.17) is 11.6 Å². The predicted octanol–water partition coefficient (Wildman–Crippen LogP) is 4.67. The molecule has 0 spiro atoms. The summed E-state index contributed by atoms with van der Waals surface area (Å²) in [5.74, 6) is -0.235. The Morgan fingerprint density at radius 1 is 1.25 bits per heavy atom. The second-order valence-electron chi connectivity index (χ2n) is 7.26. The van der Waals surface area contributed by atoms with Crippen LogP contribution in [0.5, 0.6) is 0 Å². The fourth-order valence-corrected chi connectivity index (χ4v) is 4.32. The smallest absolute Gasteiger partial charge is 0.307 e. The molecule has 164 valence electrons. The van der Waals surface area contributed by atoms with Crippen molar-refractivity contribution >= 4 is 40.2 Å². The largest absolute Gasteiger partial charge is 0.318 e. The first-order valence-corrected chi connectivity index (χ1v) is 10.9. The Kier molecular flexibility index (Phi) is 6.06. The van der Waals surface area contributed by atoms with E-state index in [0.29, 0.717) is 28.7 Å². The molecule has 1 amide bonds. The molecule has 0 aliphatic carbocycles. The van der Waals surface area contributed by atoms with Crippen LogP contribution in [0.1, 0.15) is 32.2 Å². The van der Waals surface area contributed by atoms with Crippen LogP contribution in [0.3, 0.4) is 0 Å². The Morgan fingerprint density at radius 3 is 2.78 bits per heavy atom. The average Bonchev–Trinajstić information content (AvgIpc) is 3.46. The molecule has 4 rings (SSSR count). The molecule has 0 saturated heterocycles. The number of halogens is 1. The highest BCUT2D eigenvalue weighted by Gasteiger charge is 2.17. The third kappa shape index (κ3) is 4.71. The van der Waals surface area contributed by atoms with E-state index in [1.807, 2.05) is 48.2 Å². The van der Waals surface area contributed by atoms with Crippen LogP contribution >= 0.6 is 22.9 Å². The molecular weight excluding hydrogens is 452 g/mol. The van der Waals surface area contributed by atoms with Crippen molar-refractivity contribution in [2.45, 2.75) is 26.9 Å². The summed E-state index contributed by atoms with van der Waals surface area (Å²) in [4.78, 5) is 23.7. The first-order valence-electron chi connectivity index (χ1n) is 9.64. The number of aryl methyl sites for hydroxylation is 1. The van der Waals surface area contributed by atoms with Crippen molar-refractivity contribution < 1.29 is 9.72 Å². The second-order valence-corrected chi connectivity index (χ2v) is 8.61. The normalized spacial score (nSPS) is 11.0. The van der Waals surface area contributed by atoms with Crippen LogP contribution in [0.2, 0.25) is 5.02 Å². The van der Waals surface area contributed by atoms with Gasteiger partial charge in [-0.15, -0.1) is 11.3 Å². The van der Waals surface area contributed by atoms with Crippen molar-refractivity contribution in [2.75, 3.05) is 5.32 Å². The van der Waals surface area contributed by atoms with Crippen LogP contribution in [-0.4, -0.2) is 30.4 Å². The molecule has 0 radical (unpaired) electrons. The number of hydrogen-bond acceptors (Lipinski definition) is 6. The fourth-order valence-electron chi connectivity index (χ4n) is 3.31. The molecule has 0 aliphatic rings. The average molecular weight is 471 g/mol. The number of amides is 1. The van der Waals surface area contributed by atoms with Crippen molar-refractivity contribution in [1.29, 1.82) is 0 Å². The lowest BCUT2D eigenvalue weighted by Crippen LogP contribution is -2.12. The topological polar surface area (TPSA) is 108 Å². The fraction of sp³-hybridized carbons (Fsp3) is 0.190.